The number of nitrogens with zero attached hydrogens (tertiary/aromatic N) is 1. The van der Waals surface area contributed by atoms with Crippen molar-refractivity contribution < 1.29 is 23.9 Å². The number of hydrogen-bond donors (Lipinski definition) is 1. The van der Waals surface area contributed by atoms with Crippen molar-refractivity contribution >= 4 is 40.5 Å². The van der Waals surface area contributed by atoms with E-state index in [-0.39, 0.29) is 18.9 Å². The Balaban J connectivity index is 1.70. The number of benzene rings is 1. The highest BCUT2D eigenvalue weighted by Crippen LogP contribution is 2.27. The van der Waals surface area contributed by atoms with Gasteiger partial charge in [0.15, 0.2) is 0 Å². The molecule has 0 radical (unpaired) electrons. The van der Waals surface area contributed by atoms with E-state index in [2.05, 4.69) is 10.5 Å². The summed E-state index contributed by atoms with van der Waals surface area (Å²) >= 11 is 7.34. The molecule has 2 heterocycles. The van der Waals surface area contributed by atoms with Crippen molar-refractivity contribution in [3.63, 3.8) is 0 Å². The predicted octanol–water partition coefficient (Wildman–Crippen LogP) is 3.71. The van der Waals surface area contributed by atoms with Crippen molar-refractivity contribution in [3.05, 3.63) is 51.2 Å². The third-order valence-electron chi connectivity index (χ3n) is 4.31. The minimum Gasteiger partial charge on any atom is -0.497 e. The predicted molar refractivity (Wildman–Crippen MR) is 110 cm³/mol. The monoisotopic (exact) mass is 436 g/mol. The van der Waals surface area contributed by atoms with Crippen molar-refractivity contribution in [1.29, 1.82) is 0 Å². The average Bonchev–Trinajstić information content (AvgIpc) is 3.37. The van der Waals surface area contributed by atoms with Gasteiger partial charge in [-0.3, -0.25) is 9.59 Å². The van der Waals surface area contributed by atoms with Crippen molar-refractivity contribution in [3.8, 4) is 5.75 Å². The SMILES string of the molecule is CCOC(=O)CC(NC(=O)C1CC(c2ccc(Cl)s2)=NO1)c1cccc(OC)c1. The molecule has 0 bridgehead atoms. The molecule has 0 aliphatic carbocycles. The number of hydrogen-bond acceptors (Lipinski definition) is 7. The van der Waals surface area contributed by atoms with Gasteiger partial charge in [-0.1, -0.05) is 28.9 Å². The molecule has 0 saturated carbocycles. The number of ether oxygens (including phenoxy) is 2. The lowest BCUT2D eigenvalue weighted by Crippen LogP contribution is -2.38. The van der Waals surface area contributed by atoms with E-state index in [9.17, 15) is 9.59 Å². The van der Waals surface area contributed by atoms with Crippen molar-refractivity contribution in [2.24, 2.45) is 5.16 Å². The lowest BCUT2D eigenvalue weighted by molar-refractivity contribution is -0.144. The van der Waals surface area contributed by atoms with Crippen LogP contribution in [0.15, 0.2) is 41.6 Å². The summed E-state index contributed by atoms with van der Waals surface area (Å²) in [5, 5.41) is 6.89. The van der Waals surface area contributed by atoms with E-state index in [1.165, 1.54) is 11.3 Å². The van der Waals surface area contributed by atoms with E-state index < -0.39 is 18.1 Å². The number of thiophene rings is 1. The van der Waals surface area contributed by atoms with Crippen LogP contribution in [-0.4, -0.2) is 37.4 Å². The molecule has 1 aromatic heterocycles. The molecule has 9 heteroatoms. The molecule has 1 N–H and O–H groups in total. The van der Waals surface area contributed by atoms with Crippen molar-refractivity contribution in [2.45, 2.75) is 31.9 Å². The summed E-state index contributed by atoms with van der Waals surface area (Å²) in [5.74, 6) is -0.135. The number of nitrogens with one attached hydrogen (secondary N) is 1. The van der Waals surface area contributed by atoms with Crippen LogP contribution >= 0.6 is 22.9 Å². The van der Waals surface area contributed by atoms with Gasteiger partial charge < -0.3 is 19.6 Å². The molecule has 29 heavy (non-hydrogen) atoms. The Labute approximate surface area is 177 Å². The van der Waals surface area contributed by atoms with Crippen molar-refractivity contribution in [1.82, 2.24) is 5.32 Å². The van der Waals surface area contributed by atoms with Crippen LogP contribution in [-0.2, 0) is 19.2 Å². The summed E-state index contributed by atoms with van der Waals surface area (Å²) in [6, 6.07) is 10.2. The first kappa shape index (κ1) is 21.1. The molecule has 2 atom stereocenters. The summed E-state index contributed by atoms with van der Waals surface area (Å²) in [4.78, 5) is 31.0. The van der Waals surface area contributed by atoms with E-state index >= 15 is 0 Å². The van der Waals surface area contributed by atoms with Gasteiger partial charge in [-0.25, -0.2) is 0 Å². The summed E-state index contributed by atoms with van der Waals surface area (Å²) < 4.78 is 10.9. The van der Waals surface area contributed by atoms with Gasteiger partial charge >= 0.3 is 5.97 Å². The molecule has 3 rings (SSSR count). The molecule has 0 spiro atoms. The van der Waals surface area contributed by atoms with Crippen LogP contribution in [0.1, 0.15) is 36.2 Å². The molecule has 7 nitrogen and oxygen atoms in total. The van der Waals surface area contributed by atoms with Crippen molar-refractivity contribution in [2.75, 3.05) is 13.7 Å². The minimum atomic E-state index is -0.777. The highest BCUT2D eigenvalue weighted by molar-refractivity contribution is 7.18. The topological polar surface area (TPSA) is 86.2 Å². The Morgan fingerprint density at radius 2 is 2.21 bits per heavy atom. The number of esters is 1. The van der Waals surface area contributed by atoms with Gasteiger partial charge in [0, 0.05) is 6.42 Å². The molecule has 2 unspecified atom stereocenters. The first-order chi connectivity index (χ1) is 14.0. The molecule has 1 aliphatic rings. The molecule has 0 fully saturated rings. The Kier molecular flexibility index (Phi) is 7.11. The standard InChI is InChI=1S/C20H21ClN2O5S/c1-3-27-19(24)11-14(12-5-4-6-13(9-12)26-2)22-20(25)16-10-15(23-28-16)17-7-8-18(21)29-17/h4-9,14,16H,3,10-11H2,1-2H3,(H,22,25). The Morgan fingerprint density at radius 1 is 1.38 bits per heavy atom. The number of methoxy groups -OCH3 is 1. The summed E-state index contributed by atoms with van der Waals surface area (Å²) in [7, 11) is 1.56. The lowest BCUT2D eigenvalue weighted by atomic mass is 10.0. The van der Waals surface area contributed by atoms with Gasteiger partial charge in [-0.05, 0) is 36.8 Å². The third kappa shape index (κ3) is 5.48. The molecular formula is C20H21ClN2O5S. The maximum absolute atomic E-state index is 12.8. The van der Waals surface area contributed by atoms with E-state index in [1.807, 2.05) is 12.1 Å². The first-order valence-corrected chi connectivity index (χ1v) is 10.3. The van der Waals surface area contributed by atoms with Gasteiger partial charge in [-0.2, -0.15) is 0 Å². The van der Waals surface area contributed by atoms with Crippen LogP contribution in [0.5, 0.6) is 5.75 Å². The zero-order valence-corrected chi connectivity index (χ0v) is 17.6. The Hall–Kier alpha value is -2.58. The zero-order chi connectivity index (χ0) is 20.8. The molecule has 1 aromatic carbocycles. The Bertz CT molecular complexity index is 914. The fourth-order valence-electron chi connectivity index (χ4n) is 2.89. The molecule has 1 aliphatic heterocycles. The van der Waals surface area contributed by atoms with E-state index in [0.29, 0.717) is 22.2 Å². The van der Waals surface area contributed by atoms with Crippen LogP contribution in [0.2, 0.25) is 4.34 Å². The number of carbonyl (C=O) groups is 2. The van der Waals surface area contributed by atoms with Gasteiger partial charge in [0.2, 0.25) is 6.10 Å². The number of rotatable bonds is 8. The third-order valence-corrected chi connectivity index (χ3v) is 5.59. The van der Waals surface area contributed by atoms with Gasteiger partial charge in [0.1, 0.15) is 11.5 Å². The lowest BCUT2D eigenvalue weighted by Gasteiger charge is -2.20. The van der Waals surface area contributed by atoms with Crippen LogP contribution in [0.3, 0.4) is 0 Å². The highest BCUT2D eigenvalue weighted by Gasteiger charge is 2.32. The first-order valence-electron chi connectivity index (χ1n) is 9.08. The summed E-state index contributed by atoms with van der Waals surface area (Å²) in [5.41, 5.74) is 1.40. The molecule has 1 amide bonds. The van der Waals surface area contributed by atoms with Crippen LogP contribution in [0, 0.1) is 0 Å². The zero-order valence-electron chi connectivity index (χ0n) is 16.0. The fraction of sp³-hybridized carbons (Fsp3) is 0.350. The Morgan fingerprint density at radius 3 is 2.90 bits per heavy atom. The molecular weight excluding hydrogens is 416 g/mol. The van der Waals surface area contributed by atoms with Crippen LogP contribution < -0.4 is 10.1 Å². The van der Waals surface area contributed by atoms with Gasteiger partial charge in [-0.15, -0.1) is 11.3 Å². The van der Waals surface area contributed by atoms with Crippen LogP contribution in [0.4, 0.5) is 0 Å². The number of carbonyl (C=O) groups excluding carboxylic acids is 2. The molecule has 0 saturated heterocycles. The summed E-state index contributed by atoms with van der Waals surface area (Å²) in [6.45, 7) is 2.00. The number of oxime groups is 1. The fourth-order valence-corrected chi connectivity index (χ4v) is 3.93. The number of halogens is 1. The normalized spacial score (nSPS) is 16.5. The quantitative estimate of drug-likeness (QED) is 0.637. The smallest absolute Gasteiger partial charge is 0.308 e. The van der Waals surface area contributed by atoms with Gasteiger partial charge in [0.05, 0.1) is 35.4 Å². The minimum absolute atomic E-state index is 0.00624. The largest absolute Gasteiger partial charge is 0.497 e. The second-order valence-corrected chi connectivity index (χ2v) is 8.00. The van der Waals surface area contributed by atoms with Crippen LogP contribution in [0.25, 0.3) is 0 Å². The summed E-state index contributed by atoms with van der Waals surface area (Å²) in [6.07, 6.45) is -0.457. The second-order valence-electron chi connectivity index (χ2n) is 6.29. The highest BCUT2D eigenvalue weighted by atomic mass is 35.5. The molecule has 154 valence electrons. The number of amides is 1. The van der Waals surface area contributed by atoms with E-state index in [4.69, 9.17) is 25.9 Å². The molecule has 2 aromatic rings. The average molecular weight is 437 g/mol. The van der Waals surface area contributed by atoms with E-state index in [0.717, 1.165) is 10.4 Å². The maximum Gasteiger partial charge on any atom is 0.308 e. The van der Waals surface area contributed by atoms with Gasteiger partial charge in [0.25, 0.3) is 5.91 Å². The second kappa shape index (κ2) is 9.76. The maximum atomic E-state index is 12.8. The van der Waals surface area contributed by atoms with E-state index in [1.54, 1.807) is 38.3 Å².